The molecule has 5 heterocycles. The Balaban J connectivity index is 0.000000179. The van der Waals surface area contributed by atoms with E-state index in [2.05, 4.69) is 20.2 Å². The standard InChI is InChI=1S/C12H17N3O.C5H6N2O/c1-9(16)11-6-13-15(7-11)12-8-14-4-2-10(12)3-5-14;1-4(8)5-2-6-7-3-5/h6-7,10,12H,2-5,8H2,1H3;2-3H,1H3,(H,6,7). The van der Waals surface area contributed by atoms with Gasteiger partial charge in [0.15, 0.2) is 11.6 Å². The van der Waals surface area contributed by atoms with Crippen molar-refractivity contribution in [3.05, 3.63) is 35.9 Å². The minimum atomic E-state index is 0.0405. The smallest absolute Gasteiger partial charge is 0.162 e. The minimum absolute atomic E-state index is 0.0405. The third-order valence-electron chi connectivity index (χ3n) is 4.87. The maximum absolute atomic E-state index is 11.2. The normalized spacial score (nSPS) is 25.0. The summed E-state index contributed by atoms with van der Waals surface area (Å²) in [5.74, 6) is 0.899. The predicted octanol–water partition coefficient (Wildman–Crippen LogP) is 1.96. The summed E-state index contributed by atoms with van der Waals surface area (Å²) >= 11 is 0. The number of hydrogen-bond acceptors (Lipinski definition) is 5. The summed E-state index contributed by atoms with van der Waals surface area (Å²) in [5, 5.41) is 10.5. The zero-order chi connectivity index (χ0) is 17.1. The van der Waals surface area contributed by atoms with Crippen LogP contribution in [0.4, 0.5) is 0 Å². The fourth-order valence-corrected chi connectivity index (χ4v) is 3.38. The summed E-state index contributed by atoms with van der Waals surface area (Å²) in [6.45, 7) is 6.68. The van der Waals surface area contributed by atoms with Crippen LogP contribution in [0.1, 0.15) is 53.4 Å². The highest BCUT2D eigenvalue weighted by Crippen LogP contribution is 2.35. The molecular formula is C17H23N5O2. The summed E-state index contributed by atoms with van der Waals surface area (Å²) in [6.07, 6.45) is 9.24. The Kier molecular flexibility index (Phi) is 4.89. The Morgan fingerprint density at radius 1 is 1.12 bits per heavy atom. The van der Waals surface area contributed by atoms with Crippen molar-refractivity contribution in [1.29, 1.82) is 0 Å². The van der Waals surface area contributed by atoms with Gasteiger partial charge in [0.1, 0.15) is 0 Å². The quantitative estimate of drug-likeness (QED) is 0.870. The molecule has 1 unspecified atom stereocenters. The van der Waals surface area contributed by atoms with E-state index < -0.39 is 0 Å². The van der Waals surface area contributed by atoms with E-state index in [1.54, 1.807) is 19.3 Å². The highest BCUT2D eigenvalue weighted by atomic mass is 16.1. The van der Waals surface area contributed by atoms with Gasteiger partial charge < -0.3 is 4.90 Å². The molecule has 7 heteroatoms. The molecule has 7 nitrogen and oxygen atoms in total. The van der Waals surface area contributed by atoms with Gasteiger partial charge in [-0.2, -0.15) is 10.2 Å². The molecule has 5 rings (SSSR count). The van der Waals surface area contributed by atoms with E-state index in [9.17, 15) is 9.59 Å². The van der Waals surface area contributed by atoms with Crippen LogP contribution in [0.15, 0.2) is 24.8 Å². The second kappa shape index (κ2) is 7.09. The second-order valence-electron chi connectivity index (χ2n) is 6.51. The molecule has 3 aliphatic heterocycles. The van der Waals surface area contributed by atoms with Crippen LogP contribution in [0.2, 0.25) is 0 Å². The topological polar surface area (TPSA) is 83.9 Å². The lowest BCUT2D eigenvalue weighted by atomic mass is 9.84. The van der Waals surface area contributed by atoms with Crippen molar-refractivity contribution in [2.75, 3.05) is 19.6 Å². The lowest BCUT2D eigenvalue weighted by Crippen LogP contribution is -2.48. The first-order chi connectivity index (χ1) is 11.5. The van der Waals surface area contributed by atoms with Crippen molar-refractivity contribution >= 4 is 11.6 Å². The van der Waals surface area contributed by atoms with E-state index in [1.165, 1.54) is 39.1 Å². The van der Waals surface area contributed by atoms with E-state index in [-0.39, 0.29) is 11.6 Å². The minimum Gasteiger partial charge on any atom is -0.301 e. The summed E-state index contributed by atoms with van der Waals surface area (Å²) < 4.78 is 2.01. The van der Waals surface area contributed by atoms with Crippen LogP contribution >= 0.6 is 0 Å². The van der Waals surface area contributed by atoms with Gasteiger partial charge in [0.25, 0.3) is 0 Å². The average Bonchev–Trinajstić information content (AvgIpc) is 3.28. The molecule has 24 heavy (non-hydrogen) atoms. The van der Waals surface area contributed by atoms with Gasteiger partial charge in [-0.05, 0) is 45.7 Å². The second-order valence-corrected chi connectivity index (χ2v) is 6.51. The van der Waals surface area contributed by atoms with Gasteiger partial charge in [0.2, 0.25) is 0 Å². The molecule has 2 bridgehead atoms. The molecule has 1 N–H and O–H groups in total. The lowest BCUT2D eigenvalue weighted by Gasteiger charge is -2.44. The first-order valence-corrected chi connectivity index (χ1v) is 8.31. The lowest BCUT2D eigenvalue weighted by molar-refractivity contribution is 0.0512. The van der Waals surface area contributed by atoms with Crippen LogP contribution < -0.4 is 0 Å². The molecule has 3 fully saturated rings. The highest BCUT2D eigenvalue weighted by molar-refractivity contribution is 5.93. The fourth-order valence-electron chi connectivity index (χ4n) is 3.38. The number of Topliss-reactive ketones (excluding diaryl/α,β-unsaturated/α-hetero) is 2. The average molecular weight is 329 g/mol. The van der Waals surface area contributed by atoms with Crippen molar-refractivity contribution in [3.63, 3.8) is 0 Å². The number of ketones is 2. The highest BCUT2D eigenvalue weighted by Gasteiger charge is 2.35. The monoisotopic (exact) mass is 329 g/mol. The third-order valence-corrected chi connectivity index (χ3v) is 4.87. The maximum atomic E-state index is 11.2. The number of H-pyrrole nitrogens is 1. The Hall–Kier alpha value is -2.28. The van der Waals surface area contributed by atoms with E-state index in [4.69, 9.17) is 0 Å². The van der Waals surface area contributed by atoms with Gasteiger partial charge in [-0.15, -0.1) is 0 Å². The molecular weight excluding hydrogens is 306 g/mol. The number of rotatable bonds is 3. The van der Waals surface area contributed by atoms with Crippen LogP contribution in [-0.2, 0) is 0 Å². The van der Waals surface area contributed by atoms with Crippen LogP contribution in [-0.4, -0.2) is 56.1 Å². The van der Waals surface area contributed by atoms with Crippen LogP contribution in [0.25, 0.3) is 0 Å². The first kappa shape index (κ1) is 16.6. The Labute approximate surface area is 141 Å². The van der Waals surface area contributed by atoms with Gasteiger partial charge in [-0.3, -0.25) is 19.4 Å². The number of nitrogens with zero attached hydrogens (tertiary/aromatic N) is 4. The van der Waals surface area contributed by atoms with E-state index in [1.807, 2.05) is 10.9 Å². The van der Waals surface area contributed by atoms with Crippen LogP contribution in [0.5, 0.6) is 0 Å². The molecule has 0 amide bonds. The number of nitrogens with one attached hydrogen (secondary N) is 1. The van der Waals surface area contributed by atoms with E-state index >= 15 is 0 Å². The van der Waals surface area contributed by atoms with Crippen LogP contribution in [0, 0.1) is 5.92 Å². The number of carbonyl (C=O) groups is 2. The SMILES string of the molecule is CC(=O)c1cn[nH]c1.CC(=O)c1cnn(C2CN3CCC2CC3)c1. The van der Waals surface area contributed by atoms with E-state index in [0.717, 1.165) is 18.0 Å². The molecule has 0 aromatic carbocycles. The Bertz CT molecular complexity index is 698. The fraction of sp³-hybridized carbons (Fsp3) is 0.529. The summed E-state index contributed by atoms with van der Waals surface area (Å²) in [5.41, 5.74) is 1.36. The zero-order valence-electron chi connectivity index (χ0n) is 14.1. The van der Waals surface area contributed by atoms with Crippen LogP contribution in [0.3, 0.4) is 0 Å². The summed E-state index contributed by atoms with van der Waals surface area (Å²) in [7, 11) is 0. The molecule has 128 valence electrons. The number of piperidine rings is 3. The first-order valence-electron chi connectivity index (χ1n) is 8.31. The Morgan fingerprint density at radius 3 is 2.25 bits per heavy atom. The molecule has 0 spiro atoms. The van der Waals surface area contributed by atoms with Crippen molar-refractivity contribution in [1.82, 2.24) is 24.9 Å². The number of fused-ring (bicyclic) bond motifs is 3. The third kappa shape index (κ3) is 3.62. The van der Waals surface area contributed by atoms with Gasteiger partial charge in [-0.1, -0.05) is 0 Å². The molecule has 3 aliphatic rings. The van der Waals surface area contributed by atoms with Gasteiger partial charge >= 0.3 is 0 Å². The predicted molar refractivity (Wildman–Crippen MR) is 89.0 cm³/mol. The number of carbonyl (C=O) groups excluding carboxylic acids is 2. The largest absolute Gasteiger partial charge is 0.301 e. The van der Waals surface area contributed by atoms with E-state index in [0.29, 0.717) is 11.6 Å². The molecule has 2 aromatic heterocycles. The molecule has 2 aromatic rings. The summed E-state index contributed by atoms with van der Waals surface area (Å²) in [6, 6.07) is 0.482. The maximum Gasteiger partial charge on any atom is 0.162 e. The van der Waals surface area contributed by atoms with Gasteiger partial charge in [0.05, 0.1) is 29.6 Å². The molecule has 0 radical (unpaired) electrons. The number of hydrogen-bond donors (Lipinski definition) is 1. The van der Waals surface area contributed by atoms with Gasteiger partial charge in [0, 0.05) is 18.9 Å². The zero-order valence-corrected chi connectivity index (χ0v) is 14.1. The van der Waals surface area contributed by atoms with Gasteiger partial charge in [-0.25, -0.2) is 0 Å². The molecule has 1 atom stereocenters. The Morgan fingerprint density at radius 2 is 1.83 bits per heavy atom. The number of aromatic nitrogens is 4. The molecule has 0 saturated carbocycles. The van der Waals surface area contributed by atoms with Crippen molar-refractivity contribution in [3.8, 4) is 0 Å². The van der Waals surface area contributed by atoms with Crippen molar-refractivity contribution in [2.24, 2.45) is 5.92 Å². The van der Waals surface area contributed by atoms with Crippen molar-refractivity contribution in [2.45, 2.75) is 32.7 Å². The number of aromatic amines is 1. The molecule has 3 saturated heterocycles. The molecule has 0 aliphatic carbocycles. The van der Waals surface area contributed by atoms with Crippen molar-refractivity contribution < 1.29 is 9.59 Å². The summed E-state index contributed by atoms with van der Waals surface area (Å²) in [4.78, 5) is 24.2.